The first-order valence-corrected chi connectivity index (χ1v) is 6.20. The Morgan fingerprint density at radius 2 is 1.94 bits per heavy atom. The predicted molar refractivity (Wildman–Crippen MR) is 66.5 cm³/mol. The molecule has 1 aromatic rings. The van der Waals surface area contributed by atoms with E-state index in [2.05, 4.69) is 36.5 Å². The molecule has 0 bridgehead atoms. The van der Waals surface area contributed by atoms with Crippen molar-refractivity contribution in [3.05, 3.63) is 35.4 Å². The number of aliphatic hydroxyl groups excluding tert-OH is 1. The molecule has 2 nitrogen and oxygen atoms in total. The van der Waals surface area contributed by atoms with Crippen molar-refractivity contribution in [2.45, 2.75) is 32.2 Å². The van der Waals surface area contributed by atoms with Gasteiger partial charge in [-0.25, -0.2) is 0 Å². The molecule has 0 heterocycles. The molecule has 1 aromatic carbocycles. The molecule has 2 rings (SSSR count). The van der Waals surface area contributed by atoms with Crippen LogP contribution in [-0.2, 0) is 12.8 Å². The topological polar surface area (TPSA) is 32.3 Å². The van der Waals surface area contributed by atoms with Crippen LogP contribution in [0.25, 0.3) is 0 Å². The maximum Gasteiger partial charge on any atom is 0.0434 e. The Kier molecular flexibility index (Phi) is 3.97. The summed E-state index contributed by atoms with van der Waals surface area (Å²) in [6.07, 6.45) is 3.21. The second kappa shape index (κ2) is 5.46. The minimum absolute atomic E-state index is 0.299. The molecule has 0 aromatic heterocycles. The third kappa shape index (κ3) is 2.83. The molecule has 0 fully saturated rings. The Labute approximate surface area is 97.7 Å². The van der Waals surface area contributed by atoms with Crippen molar-refractivity contribution in [1.82, 2.24) is 5.32 Å². The standard InChI is InChI=1S/C14H21NO/c1-11(6-7-16)10-15-14-8-12-4-2-3-5-13(12)9-14/h2-5,11,14-16H,6-10H2,1H3. The summed E-state index contributed by atoms with van der Waals surface area (Å²) < 4.78 is 0. The molecule has 0 radical (unpaired) electrons. The molecule has 0 saturated carbocycles. The Morgan fingerprint density at radius 3 is 2.50 bits per heavy atom. The van der Waals surface area contributed by atoms with Gasteiger partial charge in [0, 0.05) is 12.6 Å². The van der Waals surface area contributed by atoms with Crippen LogP contribution in [0.3, 0.4) is 0 Å². The van der Waals surface area contributed by atoms with Gasteiger partial charge < -0.3 is 10.4 Å². The summed E-state index contributed by atoms with van der Waals surface area (Å²) in [5.74, 6) is 0.564. The third-order valence-electron chi connectivity index (χ3n) is 3.43. The lowest BCUT2D eigenvalue weighted by Gasteiger charge is -2.16. The van der Waals surface area contributed by atoms with E-state index in [0.717, 1.165) is 25.8 Å². The van der Waals surface area contributed by atoms with Crippen LogP contribution in [0, 0.1) is 5.92 Å². The number of aliphatic hydroxyl groups is 1. The second-order valence-electron chi connectivity index (χ2n) is 4.90. The molecule has 1 atom stereocenters. The Bertz CT molecular complexity index is 312. The van der Waals surface area contributed by atoms with E-state index in [1.165, 1.54) is 11.1 Å². The summed E-state index contributed by atoms with van der Waals surface area (Å²) in [6.45, 7) is 3.50. The summed E-state index contributed by atoms with van der Waals surface area (Å²) in [7, 11) is 0. The van der Waals surface area contributed by atoms with Crippen molar-refractivity contribution in [3.8, 4) is 0 Å². The van der Waals surface area contributed by atoms with Crippen LogP contribution in [0.4, 0.5) is 0 Å². The van der Waals surface area contributed by atoms with Crippen molar-refractivity contribution < 1.29 is 5.11 Å². The lowest BCUT2D eigenvalue weighted by Crippen LogP contribution is -2.33. The molecule has 0 saturated heterocycles. The molecule has 0 aliphatic heterocycles. The van der Waals surface area contributed by atoms with Crippen molar-refractivity contribution in [3.63, 3.8) is 0 Å². The van der Waals surface area contributed by atoms with Crippen LogP contribution in [0.5, 0.6) is 0 Å². The van der Waals surface area contributed by atoms with Crippen molar-refractivity contribution in [2.75, 3.05) is 13.2 Å². The number of nitrogens with one attached hydrogen (secondary N) is 1. The van der Waals surface area contributed by atoms with E-state index >= 15 is 0 Å². The number of fused-ring (bicyclic) bond motifs is 1. The molecular formula is C14H21NO. The zero-order valence-electron chi connectivity index (χ0n) is 9.95. The van der Waals surface area contributed by atoms with Crippen molar-refractivity contribution in [2.24, 2.45) is 5.92 Å². The number of hydrogen-bond acceptors (Lipinski definition) is 2. The van der Waals surface area contributed by atoms with Crippen LogP contribution in [-0.4, -0.2) is 24.3 Å². The maximum absolute atomic E-state index is 8.84. The zero-order valence-corrected chi connectivity index (χ0v) is 9.95. The second-order valence-corrected chi connectivity index (χ2v) is 4.90. The average Bonchev–Trinajstić information content (AvgIpc) is 2.69. The molecule has 0 amide bonds. The minimum Gasteiger partial charge on any atom is -0.396 e. The van der Waals surface area contributed by atoms with Gasteiger partial charge in [-0.15, -0.1) is 0 Å². The van der Waals surface area contributed by atoms with Gasteiger partial charge in [0.25, 0.3) is 0 Å². The van der Waals surface area contributed by atoms with Gasteiger partial charge in [0.2, 0.25) is 0 Å². The lowest BCUT2D eigenvalue weighted by atomic mass is 10.1. The van der Waals surface area contributed by atoms with Crippen LogP contribution in [0.1, 0.15) is 24.5 Å². The first-order chi connectivity index (χ1) is 7.79. The van der Waals surface area contributed by atoms with E-state index < -0.39 is 0 Å². The maximum atomic E-state index is 8.84. The zero-order chi connectivity index (χ0) is 11.4. The average molecular weight is 219 g/mol. The fourth-order valence-corrected chi connectivity index (χ4v) is 2.39. The van der Waals surface area contributed by atoms with Gasteiger partial charge in [0.05, 0.1) is 0 Å². The SMILES string of the molecule is CC(CCO)CNC1Cc2ccccc2C1. The predicted octanol–water partition coefficient (Wildman–Crippen LogP) is 1.76. The lowest BCUT2D eigenvalue weighted by molar-refractivity contribution is 0.258. The van der Waals surface area contributed by atoms with E-state index in [1.54, 1.807) is 0 Å². The van der Waals surface area contributed by atoms with E-state index in [4.69, 9.17) is 5.11 Å². The van der Waals surface area contributed by atoms with Crippen molar-refractivity contribution >= 4 is 0 Å². The van der Waals surface area contributed by atoms with E-state index in [1.807, 2.05) is 0 Å². The van der Waals surface area contributed by atoms with E-state index in [-0.39, 0.29) is 0 Å². The molecule has 0 spiro atoms. The number of benzene rings is 1. The third-order valence-corrected chi connectivity index (χ3v) is 3.43. The van der Waals surface area contributed by atoms with Gasteiger partial charge in [0.1, 0.15) is 0 Å². The Balaban J connectivity index is 1.79. The Morgan fingerprint density at radius 1 is 1.31 bits per heavy atom. The van der Waals surface area contributed by atoms with Gasteiger partial charge in [-0.3, -0.25) is 0 Å². The molecule has 1 unspecified atom stereocenters. The highest BCUT2D eigenvalue weighted by molar-refractivity contribution is 5.33. The normalized spacial score (nSPS) is 17.4. The number of hydrogen-bond donors (Lipinski definition) is 2. The molecule has 16 heavy (non-hydrogen) atoms. The molecule has 2 N–H and O–H groups in total. The minimum atomic E-state index is 0.299. The molecule has 1 aliphatic rings. The number of rotatable bonds is 5. The first kappa shape index (κ1) is 11.6. The van der Waals surface area contributed by atoms with Crippen molar-refractivity contribution in [1.29, 1.82) is 0 Å². The highest BCUT2D eigenvalue weighted by Crippen LogP contribution is 2.21. The molecule has 1 aliphatic carbocycles. The van der Waals surface area contributed by atoms with Crippen LogP contribution in [0.2, 0.25) is 0 Å². The Hall–Kier alpha value is -0.860. The van der Waals surface area contributed by atoms with E-state index in [9.17, 15) is 0 Å². The highest BCUT2D eigenvalue weighted by Gasteiger charge is 2.20. The van der Waals surface area contributed by atoms with Gasteiger partial charge in [0.15, 0.2) is 0 Å². The van der Waals surface area contributed by atoms with Gasteiger partial charge in [-0.2, -0.15) is 0 Å². The summed E-state index contributed by atoms with van der Waals surface area (Å²) in [6, 6.07) is 9.30. The molecule has 88 valence electrons. The summed E-state index contributed by atoms with van der Waals surface area (Å²) >= 11 is 0. The van der Waals surface area contributed by atoms with Crippen LogP contribution >= 0.6 is 0 Å². The van der Waals surface area contributed by atoms with Gasteiger partial charge in [-0.1, -0.05) is 31.2 Å². The largest absolute Gasteiger partial charge is 0.396 e. The molecule has 2 heteroatoms. The van der Waals surface area contributed by atoms with E-state index in [0.29, 0.717) is 18.6 Å². The van der Waals surface area contributed by atoms with Gasteiger partial charge in [-0.05, 0) is 42.9 Å². The fourth-order valence-electron chi connectivity index (χ4n) is 2.39. The fraction of sp³-hybridized carbons (Fsp3) is 0.571. The summed E-state index contributed by atoms with van der Waals surface area (Å²) in [5.41, 5.74) is 2.99. The first-order valence-electron chi connectivity index (χ1n) is 6.20. The summed E-state index contributed by atoms with van der Waals surface area (Å²) in [4.78, 5) is 0. The van der Waals surface area contributed by atoms with Crippen LogP contribution < -0.4 is 5.32 Å². The molecular weight excluding hydrogens is 198 g/mol. The van der Waals surface area contributed by atoms with Gasteiger partial charge >= 0.3 is 0 Å². The monoisotopic (exact) mass is 219 g/mol. The van der Waals surface area contributed by atoms with Crippen LogP contribution in [0.15, 0.2) is 24.3 Å². The highest BCUT2D eigenvalue weighted by atomic mass is 16.3. The quantitative estimate of drug-likeness (QED) is 0.791. The summed E-state index contributed by atoms with van der Waals surface area (Å²) in [5, 5.41) is 12.4. The smallest absolute Gasteiger partial charge is 0.0434 e.